The van der Waals surface area contributed by atoms with Crippen LogP contribution in [0.4, 0.5) is 0 Å². The summed E-state index contributed by atoms with van der Waals surface area (Å²) in [5.74, 6) is 2.67. The predicted octanol–water partition coefficient (Wildman–Crippen LogP) is 2.75. The summed E-state index contributed by atoms with van der Waals surface area (Å²) in [5.41, 5.74) is 2.79. The average molecular weight is 201 g/mol. The summed E-state index contributed by atoms with van der Waals surface area (Å²) in [4.78, 5) is 0. The second-order valence-corrected chi connectivity index (χ2v) is 3.81. The monoisotopic (exact) mass is 201 g/mol. The van der Waals surface area contributed by atoms with Gasteiger partial charge in [-0.05, 0) is 24.5 Å². The Kier molecular flexibility index (Phi) is 4.93. The van der Waals surface area contributed by atoms with E-state index in [0.29, 0.717) is 6.04 Å². The second-order valence-electron chi connectivity index (χ2n) is 3.81. The molecule has 0 aliphatic rings. The van der Waals surface area contributed by atoms with Crippen LogP contribution in [-0.4, -0.2) is 6.04 Å². The summed E-state index contributed by atoms with van der Waals surface area (Å²) in [6.07, 6.45) is 7.14. The lowest BCUT2D eigenvalue weighted by Crippen LogP contribution is -2.25. The molecule has 1 nitrogen and oxygen atoms in total. The molecule has 0 aliphatic heterocycles. The zero-order chi connectivity index (χ0) is 11.1. The van der Waals surface area contributed by atoms with Gasteiger partial charge in [-0.3, -0.25) is 0 Å². The minimum Gasteiger partial charge on any atom is -0.309 e. The first kappa shape index (κ1) is 11.8. The highest BCUT2D eigenvalue weighted by atomic mass is 14.9. The molecule has 0 saturated carbocycles. The molecule has 0 heterocycles. The maximum Gasteiger partial charge on any atom is 0.0238 e. The minimum absolute atomic E-state index is 0.389. The van der Waals surface area contributed by atoms with E-state index in [9.17, 15) is 0 Å². The molecule has 80 valence electrons. The van der Waals surface area contributed by atoms with E-state index in [1.807, 2.05) is 0 Å². The minimum atomic E-state index is 0.389. The van der Waals surface area contributed by atoms with Crippen molar-refractivity contribution in [2.75, 3.05) is 0 Å². The Bertz CT molecular complexity index is 335. The molecular weight excluding hydrogens is 182 g/mol. The van der Waals surface area contributed by atoms with Crippen molar-refractivity contribution < 1.29 is 0 Å². The molecule has 0 saturated heterocycles. The number of aryl methyl sites for hydroxylation is 1. The first-order valence-corrected chi connectivity index (χ1v) is 5.51. The summed E-state index contributed by atoms with van der Waals surface area (Å²) >= 11 is 0. The van der Waals surface area contributed by atoms with Gasteiger partial charge in [-0.15, -0.1) is 12.3 Å². The Hall–Kier alpha value is -1.26. The molecule has 15 heavy (non-hydrogen) atoms. The normalized spacial score (nSPS) is 12.1. The van der Waals surface area contributed by atoms with E-state index in [4.69, 9.17) is 6.42 Å². The van der Waals surface area contributed by atoms with E-state index < -0.39 is 0 Å². The Labute approximate surface area is 92.9 Å². The van der Waals surface area contributed by atoms with E-state index in [1.165, 1.54) is 11.1 Å². The third-order valence-electron chi connectivity index (χ3n) is 2.56. The lowest BCUT2D eigenvalue weighted by atomic mass is 10.1. The lowest BCUT2D eigenvalue weighted by molar-refractivity contribution is 0.557. The molecule has 1 rings (SSSR count). The Morgan fingerprint density at radius 3 is 2.60 bits per heavy atom. The van der Waals surface area contributed by atoms with Crippen molar-refractivity contribution in [1.82, 2.24) is 5.32 Å². The molecule has 0 fully saturated rings. The van der Waals surface area contributed by atoms with E-state index in [2.05, 4.69) is 49.4 Å². The van der Waals surface area contributed by atoms with Crippen LogP contribution in [0.5, 0.6) is 0 Å². The van der Waals surface area contributed by atoms with Gasteiger partial charge < -0.3 is 5.32 Å². The van der Waals surface area contributed by atoms with E-state index in [0.717, 1.165) is 19.4 Å². The fraction of sp³-hybridized carbons (Fsp3) is 0.429. The quantitative estimate of drug-likeness (QED) is 0.722. The van der Waals surface area contributed by atoms with Crippen LogP contribution in [0, 0.1) is 12.3 Å². The van der Waals surface area contributed by atoms with Gasteiger partial charge in [-0.1, -0.05) is 31.2 Å². The van der Waals surface area contributed by atoms with Crippen molar-refractivity contribution in [3.63, 3.8) is 0 Å². The van der Waals surface area contributed by atoms with E-state index in [-0.39, 0.29) is 0 Å². The van der Waals surface area contributed by atoms with Crippen molar-refractivity contribution in [1.29, 1.82) is 0 Å². The van der Waals surface area contributed by atoms with Gasteiger partial charge in [0.1, 0.15) is 0 Å². The van der Waals surface area contributed by atoms with Gasteiger partial charge >= 0.3 is 0 Å². The number of hydrogen-bond acceptors (Lipinski definition) is 1. The second kappa shape index (κ2) is 6.27. The van der Waals surface area contributed by atoms with Gasteiger partial charge in [-0.2, -0.15) is 0 Å². The van der Waals surface area contributed by atoms with E-state index >= 15 is 0 Å². The molecule has 1 N–H and O–H groups in total. The predicted molar refractivity (Wildman–Crippen MR) is 65.6 cm³/mol. The molecule has 0 amide bonds. The van der Waals surface area contributed by atoms with Crippen LogP contribution >= 0.6 is 0 Å². The highest BCUT2D eigenvalue weighted by molar-refractivity contribution is 5.26. The van der Waals surface area contributed by atoms with Crippen molar-refractivity contribution in [3.05, 3.63) is 35.4 Å². The average Bonchev–Trinajstić information content (AvgIpc) is 2.27. The van der Waals surface area contributed by atoms with Gasteiger partial charge in [0, 0.05) is 19.0 Å². The first-order valence-electron chi connectivity index (χ1n) is 5.51. The highest BCUT2D eigenvalue weighted by Gasteiger charge is 2.02. The maximum atomic E-state index is 5.26. The molecule has 0 aromatic heterocycles. The Morgan fingerprint density at radius 2 is 2.00 bits per heavy atom. The summed E-state index contributed by atoms with van der Waals surface area (Å²) in [6, 6.07) is 8.92. The van der Waals surface area contributed by atoms with Gasteiger partial charge in [0.15, 0.2) is 0 Å². The molecule has 0 aliphatic carbocycles. The SMILES string of the molecule is C#CCC(C)NCc1ccccc1CC. The van der Waals surface area contributed by atoms with Crippen LogP contribution < -0.4 is 5.32 Å². The number of benzene rings is 1. The molecular formula is C14H19N. The van der Waals surface area contributed by atoms with Crippen LogP contribution in [0.25, 0.3) is 0 Å². The fourth-order valence-electron chi connectivity index (χ4n) is 1.61. The molecule has 1 unspecified atom stereocenters. The van der Waals surface area contributed by atoms with Crippen LogP contribution in [0.1, 0.15) is 31.4 Å². The zero-order valence-electron chi connectivity index (χ0n) is 9.59. The number of rotatable bonds is 5. The van der Waals surface area contributed by atoms with Crippen LogP contribution in [0.2, 0.25) is 0 Å². The summed E-state index contributed by atoms with van der Waals surface area (Å²) in [7, 11) is 0. The molecule has 0 radical (unpaired) electrons. The highest BCUT2D eigenvalue weighted by Crippen LogP contribution is 2.09. The zero-order valence-corrected chi connectivity index (χ0v) is 9.59. The van der Waals surface area contributed by atoms with Crippen molar-refractivity contribution in [3.8, 4) is 12.3 Å². The summed E-state index contributed by atoms with van der Waals surface area (Å²) in [5, 5.41) is 3.43. The largest absolute Gasteiger partial charge is 0.309 e. The van der Waals surface area contributed by atoms with Crippen LogP contribution in [0.3, 0.4) is 0 Å². The van der Waals surface area contributed by atoms with Crippen LogP contribution in [-0.2, 0) is 13.0 Å². The third kappa shape index (κ3) is 3.77. The standard InChI is InChI=1S/C14H19N/c1-4-8-12(3)15-11-14-10-7-6-9-13(14)5-2/h1,6-7,9-10,12,15H,5,8,11H2,2-3H3. The third-order valence-corrected chi connectivity index (χ3v) is 2.56. The smallest absolute Gasteiger partial charge is 0.0238 e. The Balaban J connectivity index is 2.54. The van der Waals surface area contributed by atoms with E-state index in [1.54, 1.807) is 0 Å². The van der Waals surface area contributed by atoms with Crippen molar-refractivity contribution >= 4 is 0 Å². The van der Waals surface area contributed by atoms with Gasteiger partial charge in [0.25, 0.3) is 0 Å². The lowest BCUT2D eigenvalue weighted by Gasteiger charge is -2.13. The number of hydrogen-bond donors (Lipinski definition) is 1. The fourth-order valence-corrected chi connectivity index (χ4v) is 1.61. The molecule has 0 spiro atoms. The maximum absolute atomic E-state index is 5.26. The summed E-state index contributed by atoms with van der Waals surface area (Å²) < 4.78 is 0. The van der Waals surface area contributed by atoms with Gasteiger partial charge in [-0.25, -0.2) is 0 Å². The molecule has 1 aromatic carbocycles. The van der Waals surface area contributed by atoms with Crippen molar-refractivity contribution in [2.45, 2.75) is 39.3 Å². The number of terminal acetylenes is 1. The topological polar surface area (TPSA) is 12.0 Å². The molecule has 1 heteroatoms. The van der Waals surface area contributed by atoms with Gasteiger partial charge in [0.05, 0.1) is 0 Å². The molecule has 1 atom stereocenters. The summed E-state index contributed by atoms with van der Waals surface area (Å²) in [6.45, 7) is 5.21. The first-order chi connectivity index (χ1) is 7.27. The van der Waals surface area contributed by atoms with Crippen LogP contribution in [0.15, 0.2) is 24.3 Å². The molecule has 0 bridgehead atoms. The molecule has 1 aromatic rings. The van der Waals surface area contributed by atoms with Gasteiger partial charge in [0.2, 0.25) is 0 Å². The number of nitrogens with one attached hydrogen (secondary N) is 1. The van der Waals surface area contributed by atoms with Crippen molar-refractivity contribution in [2.24, 2.45) is 0 Å². The Morgan fingerprint density at radius 1 is 1.33 bits per heavy atom.